The van der Waals surface area contributed by atoms with Crippen molar-refractivity contribution in [1.82, 2.24) is 25.5 Å². The number of nitrogens with zero attached hydrogens (tertiary/aromatic N) is 3. The van der Waals surface area contributed by atoms with Gasteiger partial charge in [0.15, 0.2) is 5.82 Å². The Balaban J connectivity index is 1.08. The van der Waals surface area contributed by atoms with Gasteiger partial charge in [-0.15, -0.1) is 0 Å². The fourth-order valence-corrected chi connectivity index (χ4v) is 7.13. The quantitative estimate of drug-likeness (QED) is 0.173. The molecule has 3 N–H and O–H groups in total. The zero-order valence-corrected chi connectivity index (χ0v) is 27.4. The molecule has 2 aromatic carbocycles. The summed E-state index contributed by atoms with van der Waals surface area (Å²) in [5.74, 6) is 0.258. The Kier molecular flexibility index (Phi) is 9.04. The molecule has 3 aliphatic heterocycles. The minimum atomic E-state index is -0.304. The number of halogens is 3. The fourth-order valence-electron chi connectivity index (χ4n) is 6.55. The Labute approximate surface area is 282 Å². The van der Waals surface area contributed by atoms with Gasteiger partial charge in [0.05, 0.1) is 53.1 Å². The molecule has 4 aromatic rings. The number of likely N-dealkylation sites (tertiary alicyclic amines) is 1. The molecule has 0 aliphatic carbocycles. The lowest BCUT2D eigenvalue weighted by molar-refractivity contribution is -0.191. The number of pyridine rings is 2. The maximum absolute atomic E-state index is 15.6. The molecule has 3 saturated heterocycles. The second kappa shape index (κ2) is 13.4. The highest BCUT2D eigenvalue weighted by atomic mass is 35.5. The number of hydrogen-bond acceptors (Lipinski definition) is 8. The third-order valence-corrected chi connectivity index (χ3v) is 9.81. The first-order valence-corrected chi connectivity index (χ1v) is 16.4. The van der Waals surface area contributed by atoms with Crippen molar-refractivity contribution in [1.29, 1.82) is 0 Å². The van der Waals surface area contributed by atoms with Gasteiger partial charge in [0.1, 0.15) is 0 Å². The van der Waals surface area contributed by atoms with Gasteiger partial charge in [-0.3, -0.25) is 14.7 Å². The van der Waals surface area contributed by atoms with Crippen LogP contribution >= 0.6 is 23.2 Å². The molecule has 2 aromatic heterocycles. The van der Waals surface area contributed by atoms with Gasteiger partial charge < -0.3 is 25.4 Å². The molecule has 47 heavy (non-hydrogen) atoms. The van der Waals surface area contributed by atoms with Gasteiger partial charge in [0, 0.05) is 79.1 Å². The van der Waals surface area contributed by atoms with Crippen LogP contribution in [0.15, 0.2) is 60.8 Å². The van der Waals surface area contributed by atoms with E-state index in [4.69, 9.17) is 37.7 Å². The van der Waals surface area contributed by atoms with E-state index in [9.17, 15) is 4.79 Å². The Morgan fingerprint density at radius 3 is 2.60 bits per heavy atom. The van der Waals surface area contributed by atoms with Crippen LogP contribution in [0.3, 0.4) is 0 Å². The van der Waals surface area contributed by atoms with E-state index in [0.717, 1.165) is 38.3 Å². The van der Waals surface area contributed by atoms with Gasteiger partial charge in [-0.25, -0.2) is 9.37 Å². The lowest BCUT2D eigenvalue weighted by atomic mass is 9.78. The number of carbonyl (C=O) groups is 1. The normalized spacial score (nSPS) is 18.5. The van der Waals surface area contributed by atoms with Crippen LogP contribution in [0.4, 0.5) is 15.8 Å². The average Bonchev–Trinajstić information content (AvgIpc) is 3.45. The van der Waals surface area contributed by atoms with Crippen LogP contribution in [-0.2, 0) is 22.6 Å². The predicted octanol–water partition coefficient (Wildman–Crippen LogP) is 6.21. The Morgan fingerprint density at radius 1 is 1.04 bits per heavy atom. The van der Waals surface area contributed by atoms with Gasteiger partial charge in [0.2, 0.25) is 11.8 Å². The zero-order valence-electron chi connectivity index (χ0n) is 25.9. The second-order valence-electron chi connectivity index (χ2n) is 12.5. The largest absolute Gasteiger partial charge is 0.481 e. The molecule has 1 spiro atoms. The number of hydrogen-bond donors (Lipinski definition) is 3. The first-order valence-electron chi connectivity index (χ1n) is 15.6. The second-order valence-corrected chi connectivity index (χ2v) is 13.3. The van der Waals surface area contributed by atoms with Crippen LogP contribution < -0.4 is 20.7 Å². The molecule has 0 bridgehead atoms. The van der Waals surface area contributed by atoms with E-state index in [-0.39, 0.29) is 23.2 Å². The summed E-state index contributed by atoms with van der Waals surface area (Å²) in [6, 6.07) is 16.6. The van der Waals surface area contributed by atoms with Crippen molar-refractivity contribution in [2.24, 2.45) is 5.41 Å². The number of nitrogens with one attached hydrogen (secondary N) is 3. The predicted molar refractivity (Wildman–Crippen MR) is 181 cm³/mol. The number of amides is 1. The molecule has 9 nitrogen and oxygen atoms in total. The summed E-state index contributed by atoms with van der Waals surface area (Å²) in [4.78, 5) is 23.0. The van der Waals surface area contributed by atoms with Crippen LogP contribution in [0.5, 0.6) is 5.88 Å². The molecule has 0 saturated carbocycles. The monoisotopic (exact) mass is 676 g/mol. The van der Waals surface area contributed by atoms with Crippen molar-refractivity contribution >= 4 is 40.5 Å². The average molecular weight is 678 g/mol. The number of benzene rings is 2. The number of carbonyl (C=O) groups excluding carboxylic acids is 1. The highest BCUT2D eigenvalue weighted by Crippen LogP contribution is 2.42. The highest BCUT2D eigenvalue weighted by molar-refractivity contribution is 6.39. The number of aromatic nitrogens is 2. The van der Waals surface area contributed by atoms with Crippen molar-refractivity contribution < 1.29 is 18.7 Å². The molecule has 5 heterocycles. The molecule has 12 heteroatoms. The van der Waals surface area contributed by atoms with Crippen molar-refractivity contribution in [3.05, 3.63) is 87.8 Å². The Bertz CT molecular complexity index is 1810. The standard InChI is InChI=1S/C35H35Cl2FN6O3/c1-46-34-21(14-39-15-23-9-11-29(45)41-23)8-10-26(43-34)24-12-13-40-33(31(24)37)25-5-3-6-27(30(25)36)42-28-7-2-4-22(32(28)38)16-44-17-35(18-44)19-47-20-35/h2-8,10,12-13,23,39,42H,9,11,14-20H2,1H3,(H,41,45). The van der Waals surface area contributed by atoms with Crippen LogP contribution in [-0.4, -0.2) is 66.8 Å². The number of anilines is 2. The summed E-state index contributed by atoms with van der Waals surface area (Å²) in [7, 11) is 1.58. The van der Waals surface area contributed by atoms with E-state index in [1.807, 2.05) is 36.4 Å². The van der Waals surface area contributed by atoms with Gasteiger partial charge in [-0.2, -0.15) is 0 Å². The summed E-state index contributed by atoms with van der Waals surface area (Å²) >= 11 is 13.9. The topological polar surface area (TPSA) is 101 Å². The molecular formula is C35H35Cl2FN6O3. The van der Waals surface area contributed by atoms with Crippen molar-refractivity contribution in [3.63, 3.8) is 0 Å². The molecule has 1 unspecified atom stereocenters. The molecule has 0 radical (unpaired) electrons. The van der Waals surface area contributed by atoms with Crippen LogP contribution in [0.2, 0.25) is 10.0 Å². The van der Waals surface area contributed by atoms with Crippen molar-refractivity contribution in [3.8, 4) is 28.4 Å². The van der Waals surface area contributed by atoms with E-state index in [1.165, 1.54) is 0 Å². The smallest absolute Gasteiger partial charge is 0.220 e. The Hall–Kier alpha value is -3.80. The van der Waals surface area contributed by atoms with Gasteiger partial charge in [-0.05, 0) is 30.7 Å². The van der Waals surface area contributed by atoms with Crippen molar-refractivity contribution in [2.45, 2.75) is 32.0 Å². The molecular weight excluding hydrogens is 642 g/mol. The van der Waals surface area contributed by atoms with E-state index in [0.29, 0.717) is 81.4 Å². The first kappa shape index (κ1) is 31.8. The minimum Gasteiger partial charge on any atom is -0.481 e. The first-order chi connectivity index (χ1) is 22.8. The van der Waals surface area contributed by atoms with Crippen LogP contribution in [0, 0.1) is 11.2 Å². The molecule has 7 rings (SSSR count). The van der Waals surface area contributed by atoms with Gasteiger partial charge >= 0.3 is 0 Å². The van der Waals surface area contributed by atoms with E-state index in [1.54, 1.807) is 31.5 Å². The number of rotatable bonds is 11. The number of methoxy groups -OCH3 is 1. The highest BCUT2D eigenvalue weighted by Gasteiger charge is 2.48. The Morgan fingerprint density at radius 2 is 1.85 bits per heavy atom. The maximum atomic E-state index is 15.6. The molecule has 1 amide bonds. The molecule has 3 aliphatic rings. The zero-order chi connectivity index (χ0) is 32.5. The summed E-state index contributed by atoms with van der Waals surface area (Å²) in [6.07, 6.45) is 3.05. The lowest BCUT2D eigenvalue weighted by Gasteiger charge is -2.55. The van der Waals surface area contributed by atoms with E-state index in [2.05, 4.69) is 25.8 Å². The molecule has 1 atom stereocenters. The summed E-state index contributed by atoms with van der Waals surface area (Å²) in [5.41, 5.74) is 5.01. The minimum absolute atomic E-state index is 0.0908. The lowest BCUT2D eigenvalue weighted by Crippen LogP contribution is -2.65. The molecule has 3 fully saturated rings. The van der Waals surface area contributed by atoms with E-state index < -0.39 is 0 Å². The fraction of sp³-hybridized carbons (Fsp3) is 0.343. The van der Waals surface area contributed by atoms with Crippen LogP contribution in [0.25, 0.3) is 22.5 Å². The number of ether oxygens (including phenoxy) is 2. The van der Waals surface area contributed by atoms with Gasteiger partial charge in [0.25, 0.3) is 0 Å². The summed E-state index contributed by atoms with van der Waals surface area (Å²) in [5, 5.41) is 10.3. The SMILES string of the molecule is COc1nc(-c2ccnc(-c3cccc(Nc4cccc(CN5CC6(COC6)C5)c4F)c3Cl)c2Cl)ccc1CNCC1CCC(=O)N1. The van der Waals surface area contributed by atoms with Crippen molar-refractivity contribution in [2.75, 3.05) is 45.3 Å². The van der Waals surface area contributed by atoms with Crippen LogP contribution in [0.1, 0.15) is 24.0 Å². The van der Waals surface area contributed by atoms with Gasteiger partial charge in [-0.1, -0.05) is 53.5 Å². The summed E-state index contributed by atoms with van der Waals surface area (Å²) in [6.45, 7) is 5.18. The van der Waals surface area contributed by atoms with E-state index >= 15 is 4.39 Å². The maximum Gasteiger partial charge on any atom is 0.220 e. The molecule has 244 valence electrons. The third kappa shape index (κ3) is 6.53. The summed E-state index contributed by atoms with van der Waals surface area (Å²) < 4.78 is 26.6. The third-order valence-electron chi connectivity index (χ3n) is 9.02.